The summed E-state index contributed by atoms with van der Waals surface area (Å²) in [4.78, 5) is 6.34. The highest BCUT2D eigenvalue weighted by atomic mass is 32.1. The van der Waals surface area contributed by atoms with Crippen molar-refractivity contribution < 1.29 is 0 Å². The van der Waals surface area contributed by atoms with Crippen molar-refractivity contribution in [2.24, 2.45) is 5.73 Å². The molecule has 0 saturated carbocycles. The Morgan fingerprint density at radius 3 is 3.11 bits per heavy atom. The van der Waals surface area contributed by atoms with Crippen LogP contribution in [0.4, 0.5) is 0 Å². The summed E-state index contributed by atoms with van der Waals surface area (Å²) in [6.45, 7) is 2.89. The Labute approximate surface area is 112 Å². The lowest BCUT2D eigenvalue weighted by atomic mass is 10.0. The molecule has 0 bridgehead atoms. The lowest BCUT2D eigenvalue weighted by Gasteiger charge is -2.06. The van der Waals surface area contributed by atoms with Crippen molar-refractivity contribution in [3.05, 3.63) is 40.4 Å². The normalized spacial score (nSPS) is 18.0. The SMILES string of the molecule is Cc1cccc(-c2nc3c(s2)CCC3CCN)c1. The molecule has 0 aliphatic heterocycles. The molecule has 18 heavy (non-hydrogen) atoms. The van der Waals surface area contributed by atoms with Gasteiger partial charge in [0.05, 0.1) is 5.69 Å². The molecule has 0 spiro atoms. The van der Waals surface area contributed by atoms with E-state index in [1.807, 2.05) is 11.3 Å². The van der Waals surface area contributed by atoms with Gasteiger partial charge in [0, 0.05) is 16.4 Å². The molecule has 1 atom stereocenters. The van der Waals surface area contributed by atoms with Gasteiger partial charge in [-0.3, -0.25) is 0 Å². The zero-order valence-corrected chi connectivity index (χ0v) is 11.5. The van der Waals surface area contributed by atoms with Gasteiger partial charge in [-0.15, -0.1) is 11.3 Å². The van der Waals surface area contributed by atoms with Gasteiger partial charge in [-0.25, -0.2) is 4.98 Å². The Kier molecular flexibility index (Phi) is 3.18. The van der Waals surface area contributed by atoms with Gasteiger partial charge in [-0.1, -0.05) is 23.8 Å². The third-order valence-electron chi connectivity index (χ3n) is 3.61. The second kappa shape index (κ2) is 4.82. The lowest BCUT2D eigenvalue weighted by Crippen LogP contribution is -2.05. The molecular weight excluding hydrogens is 240 g/mol. The number of fused-ring (bicyclic) bond motifs is 1. The largest absolute Gasteiger partial charge is 0.330 e. The summed E-state index contributed by atoms with van der Waals surface area (Å²) in [6.07, 6.45) is 3.49. The van der Waals surface area contributed by atoms with E-state index >= 15 is 0 Å². The van der Waals surface area contributed by atoms with E-state index < -0.39 is 0 Å². The van der Waals surface area contributed by atoms with Crippen molar-refractivity contribution in [3.63, 3.8) is 0 Å². The Morgan fingerprint density at radius 2 is 2.33 bits per heavy atom. The highest BCUT2D eigenvalue weighted by Crippen LogP contribution is 2.40. The molecule has 0 fully saturated rings. The van der Waals surface area contributed by atoms with E-state index in [1.165, 1.54) is 39.5 Å². The molecule has 2 N–H and O–H groups in total. The van der Waals surface area contributed by atoms with Crippen LogP contribution < -0.4 is 5.73 Å². The number of nitrogens with two attached hydrogens (primary N) is 1. The number of nitrogens with zero attached hydrogens (tertiary/aromatic N) is 1. The maximum Gasteiger partial charge on any atom is 0.123 e. The Hall–Kier alpha value is -1.19. The molecule has 0 radical (unpaired) electrons. The summed E-state index contributed by atoms with van der Waals surface area (Å²) >= 11 is 1.86. The molecule has 3 heteroatoms. The van der Waals surface area contributed by atoms with E-state index in [9.17, 15) is 0 Å². The third kappa shape index (κ3) is 2.08. The molecule has 0 saturated heterocycles. The van der Waals surface area contributed by atoms with Gasteiger partial charge in [-0.05, 0) is 38.8 Å². The summed E-state index contributed by atoms with van der Waals surface area (Å²) in [5, 5.41) is 1.17. The van der Waals surface area contributed by atoms with Crippen molar-refractivity contribution in [3.8, 4) is 10.6 Å². The number of hydrogen-bond donors (Lipinski definition) is 1. The molecule has 2 nitrogen and oxygen atoms in total. The summed E-state index contributed by atoms with van der Waals surface area (Å²) in [5.41, 5.74) is 9.54. The monoisotopic (exact) mass is 258 g/mol. The van der Waals surface area contributed by atoms with E-state index in [4.69, 9.17) is 10.7 Å². The number of aromatic nitrogens is 1. The standard InChI is InChI=1S/C15H18N2S/c1-10-3-2-4-12(9-10)15-17-14-11(7-8-16)5-6-13(14)18-15/h2-4,9,11H,5-8,16H2,1H3. The van der Waals surface area contributed by atoms with Crippen LogP contribution in [0.15, 0.2) is 24.3 Å². The fraction of sp³-hybridized carbons (Fsp3) is 0.400. The van der Waals surface area contributed by atoms with Crippen LogP contribution in [0.2, 0.25) is 0 Å². The van der Waals surface area contributed by atoms with Crippen LogP contribution >= 0.6 is 11.3 Å². The second-order valence-electron chi connectivity index (χ2n) is 5.01. The molecule has 3 rings (SSSR count). The Balaban J connectivity index is 1.94. The number of rotatable bonds is 3. The second-order valence-corrected chi connectivity index (χ2v) is 6.09. The van der Waals surface area contributed by atoms with Crippen LogP contribution in [0, 0.1) is 6.92 Å². The summed E-state index contributed by atoms with van der Waals surface area (Å²) < 4.78 is 0. The van der Waals surface area contributed by atoms with Crippen LogP contribution in [0.3, 0.4) is 0 Å². The maximum atomic E-state index is 5.68. The topological polar surface area (TPSA) is 38.9 Å². The molecule has 0 amide bonds. The van der Waals surface area contributed by atoms with Crippen LogP contribution in [0.25, 0.3) is 10.6 Å². The third-order valence-corrected chi connectivity index (χ3v) is 4.79. The van der Waals surface area contributed by atoms with E-state index in [1.54, 1.807) is 0 Å². The average molecular weight is 258 g/mol. The minimum Gasteiger partial charge on any atom is -0.330 e. The highest BCUT2D eigenvalue weighted by Gasteiger charge is 2.26. The first-order valence-corrected chi connectivity index (χ1v) is 7.36. The number of benzene rings is 1. The van der Waals surface area contributed by atoms with Crippen LogP contribution in [0.5, 0.6) is 0 Å². The first-order chi connectivity index (χ1) is 8.78. The molecule has 1 aromatic carbocycles. The van der Waals surface area contributed by atoms with Crippen molar-refractivity contribution in [2.45, 2.75) is 32.1 Å². The van der Waals surface area contributed by atoms with Gasteiger partial charge in [0.1, 0.15) is 5.01 Å². The predicted octanol–water partition coefficient (Wildman–Crippen LogP) is 3.50. The smallest absolute Gasteiger partial charge is 0.123 e. The molecule has 1 aromatic heterocycles. The van der Waals surface area contributed by atoms with Crippen molar-refractivity contribution in [1.29, 1.82) is 0 Å². The quantitative estimate of drug-likeness (QED) is 0.915. The highest BCUT2D eigenvalue weighted by molar-refractivity contribution is 7.15. The van der Waals surface area contributed by atoms with Gasteiger partial charge < -0.3 is 5.73 Å². The molecule has 1 unspecified atom stereocenters. The van der Waals surface area contributed by atoms with E-state index in [0.29, 0.717) is 5.92 Å². The minimum atomic E-state index is 0.597. The van der Waals surface area contributed by atoms with Crippen molar-refractivity contribution in [1.82, 2.24) is 4.98 Å². The molecule has 1 aliphatic rings. The van der Waals surface area contributed by atoms with Crippen molar-refractivity contribution in [2.75, 3.05) is 6.54 Å². The van der Waals surface area contributed by atoms with Gasteiger partial charge >= 0.3 is 0 Å². The summed E-state index contributed by atoms with van der Waals surface area (Å²) in [7, 11) is 0. The number of aryl methyl sites for hydroxylation is 2. The van der Waals surface area contributed by atoms with Gasteiger partial charge in [-0.2, -0.15) is 0 Å². The van der Waals surface area contributed by atoms with E-state index in [0.717, 1.165) is 13.0 Å². The van der Waals surface area contributed by atoms with E-state index in [2.05, 4.69) is 31.2 Å². The zero-order chi connectivity index (χ0) is 12.5. The first-order valence-electron chi connectivity index (χ1n) is 6.54. The Morgan fingerprint density at radius 1 is 1.44 bits per heavy atom. The molecule has 2 aromatic rings. The summed E-state index contributed by atoms with van der Waals surface area (Å²) in [6, 6.07) is 8.60. The summed E-state index contributed by atoms with van der Waals surface area (Å²) in [5.74, 6) is 0.597. The molecule has 94 valence electrons. The zero-order valence-electron chi connectivity index (χ0n) is 10.6. The van der Waals surface area contributed by atoms with Crippen LogP contribution in [-0.2, 0) is 6.42 Å². The predicted molar refractivity (Wildman–Crippen MR) is 77.0 cm³/mol. The average Bonchev–Trinajstić information content (AvgIpc) is 2.92. The van der Waals surface area contributed by atoms with Crippen LogP contribution in [-0.4, -0.2) is 11.5 Å². The van der Waals surface area contributed by atoms with E-state index in [-0.39, 0.29) is 0 Å². The lowest BCUT2D eigenvalue weighted by molar-refractivity contribution is 0.616. The fourth-order valence-corrected chi connectivity index (χ4v) is 3.85. The molecule has 1 heterocycles. The fourth-order valence-electron chi connectivity index (χ4n) is 2.69. The van der Waals surface area contributed by atoms with Crippen LogP contribution in [0.1, 0.15) is 34.9 Å². The first kappa shape index (κ1) is 11.9. The number of thiazole rings is 1. The van der Waals surface area contributed by atoms with Gasteiger partial charge in [0.25, 0.3) is 0 Å². The minimum absolute atomic E-state index is 0.597. The maximum absolute atomic E-state index is 5.68. The van der Waals surface area contributed by atoms with Crippen molar-refractivity contribution >= 4 is 11.3 Å². The van der Waals surface area contributed by atoms with Gasteiger partial charge in [0.15, 0.2) is 0 Å². The number of hydrogen-bond acceptors (Lipinski definition) is 3. The molecular formula is C15H18N2S. The Bertz CT molecular complexity index is 559. The van der Waals surface area contributed by atoms with Gasteiger partial charge in [0.2, 0.25) is 0 Å². The molecule has 1 aliphatic carbocycles.